The van der Waals surface area contributed by atoms with Crippen molar-refractivity contribution in [2.75, 3.05) is 32.8 Å². The molecule has 2 aliphatic rings. The Balaban J connectivity index is 1.60. The molecule has 1 aliphatic carbocycles. The van der Waals surface area contributed by atoms with Crippen molar-refractivity contribution in [2.45, 2.75) is 142 Å². The average Bonchev–Trinajstić information content (AvgIpc) is 3.23. The normalized spacial score (nSPS) is 19.5. The van der Waals surface area contributed by atoms with Gasteiger partial charge < -0.3 is 28.5 Å². The predicted octanol–water partition coefficient (Wildman–Crippen LogP) is 10.2. The Bertz CT molecular complexity index is 1880. The average molecular weight is 923 g/mol. The van der Waals surface area contributed by atoms with Gasteiger partial charge in [-0.15, -0.1) is 0 Å². The van der Waals surface area contributed by atoms with Crippen LogP contribution in [0.2, 0.25) is 5.02 Å². The number of ether oxygens (including phenoxy) is 2. The zero-order chi connectivity index (χ0) is 45.7. The second kappa shape index (κ2) is 23.7. The van der Waals surface area contributed by atoms with Crippen LogP contribution in [0.5, 0.6) is 0 Å². The molecule has 0 bridgehead atoms. The van der Waals surface area contributed by atoms with Gasteiger partial charge >= 0.3 is 19.7 Å². The molecule has 0 spiro atoms. The third-order valence-corrected chi connectivity index (χ3v) is 16.7. The van der Waals surface area contributed by atoms with E-state index in [0.717, 1.165) is 43.2 Å². The van der Waals surface area contributed by atoms with Gasteiger partial charge in [0.1, 0.15) is 12.2 Å². The second-order valence-electron chi connectivity index (χ2n) is 17.8. The molecule has 0 radical (unpaired) electrons. The zero-order valence-electron chi connectivity index (χ0n) is 37.9. The van der Waals surface area contributed by atoms with Crippen LogP contribution in [0.1, 0.15) is 130 Å². The molecule has 16 heteroatoms. The summed E-state index contributed by atoms with van der Waals surface area (Å²) < 4.78 is 41.5. The van der Waals surface area contributed by atoms with Gasteiger partial charge in [-0.1, -0.05) is 107 Å². The van der Waals surface area contributed by atoms with Gasteiger partial charge in [-0.05, 0) is 93.8 Å². The van der Waals surface area contributed by atoms with Crippen molar-refractivity contribution in [1.29, 1.82) is 0 Å². The van der Waals surface area contributed by atoms with Crippen molar-refractivity contribution in [3.05, 3.63) is 70.7 Å². The highest BCUT2D eigenvalue weighted by Crippen LogP contribution is 2.54. The molecule has 13 nitrogen and oxygen atoms in total. The molecule has 346 valence electrons. The number of amides is 3. The summed E-state index contributed by atoms with van der Waals surface area (Å²) in [7, 11) is -5.86. The van der Waals surface area contributed by atoms with E-state index in [2.05, 4.69) is 0 Å². The molecule has 1 saturated carbocycles. The summed E-state index contributed by atoms with van der Waals surface area (Å²) in [5, 5.41) is 10.1. The molecule has 1 saturated heterocycles. The first-order valence-corrected chi connectivity index (χ1v) is 25.4. The number of aliphatic hydroxyl groups is 1. The number of carbonyl (C=O) groups is 4. The lowest BCUT2D eigenvalue weighted by molar-refractivity contribution is -0.151. The van der Waals surface area contributed by atoms with Gasteiger partial charge in [-0.3, -0.25) is 23.8 Å². The molecule has 1 heterocycles. The topological polar surface area (TPSA) is 161 Å². The van der Waals surface area contributed by atoms with Gasteiger partial charge in [0.25, 0.3) is 5.91 Å². The minimum Gasteiger partial charge on any atom is -0.461 e. The number of piperazine rings is 1. The lowest BCUT2D eigenvalue weighted by atomic mass is 9.71. The largest absolute Gasteiger partial charge is 0.461 e. The summed E-state index contributed by atoms with van der Waals surface area (Å²) >= 11 is 6.14. The number of hydrogen-bond acceptors (Lipinski definition) is 10. The summed E-state index contributed by atoms with van der Waals surface area (Å²) in [6.45, 7) is 14.9. The smallest absolute Gasteiger partial charge is 0.410 e. The molecular formula is C46H69ClN3O10PS. The fourth-order valence-electron chi connectivity index (χ4n) is 8.29. The quantitative estimate of drug-likeness (QED) is 0.106. The van der Waals surface area contributed by atoms with Crippen LogP contribution in [0.3, 0.4) is 0 Å². The highest BCUT2D eigenvalue weighted by atomic mass is 35.5. The first kappa shape index (κ1) is 51.5. The molecule has 6 atom stereocenters. The van der Waals surface area contributed by atoms with Crippen LogP contribution in [0, 0.1) is 17.3 Å². The monoisotopic (exact) mass is 921 g/mol. The van der Waals surface area contributed by atoms with Gasteiger partial charge in [-0.2, -0.15) is 4.36 Å². The summed E-state index contributed by atoms with van der Waals surface area (Å²) in [5.74, 6) is -1.58. The molecule has 3 amide bonds. The van der Waals surface area contributed by atoms with Crippen molar-refractivity contribution < 1.29 is 47.4 Å². The Morgan fingerprint density at radius 1 is 0.952 bits per heavy atom. The van der Waals surface area contributed by atoms with Crippen molar-refractivity contribution in [3.8, 4) is 0 Å². The molecular weight excluding hydrogens is 853 g/mol. The molecule has 1 aliphatic heterocycles. The molecule has 1 N–H and O–H groups in total. The van der Waals surface area contributed by atoms with Crippen molar-refractivity contribution in [2.24, 2.45) is 21.6 Å². The van der Waals surface area contributed by atoms with E-state index in [1.54, 1.807) is 55.7 Å². The summed E-state index contributed by atoms with van der Waals surface area (Å²) in [4.78, 5) is 58.9. The molecule has 2 fully saturated rings. The third kappa shape index (κ3) is 15.0. The van der Waals surface area contributed by atoms with Gasteiger partial charge in [-0.25, -0.2) is 4.79 Å². The number of halogens is 1. The van der Waals surface area contributed by atoms with E-state index in [1.807, 2.05) is 64.1 Å². The maximum Gasteiger partial charge on any atom is 0.410 e. The molecule has 4 rings (SSSR count). The third-order valence-electron chi connectivity index (χ3n) is 11.4. The van der Waals surface area contributed by atoms with Gasteiger partial charge in [0.05, 0.1) is 30.6 Å². The highest BCUT2D eigenvalue weighted by molar-refractivity contribution is 7.95. The van der Waals surface area contributed by atoms with Crippen LogP contribution in [0.25, 0.3) is 0 Å². The van der Waals surface area contributed by atoms with Crippen LogP contribution in [0.4, 0.5) is 4.79 Å². The number of nitrogens with zero attached hydrogens (tertiary/aromatic N) is 3. The number of benzene rings is 2. The highest BCUT2D eigenvalue weighted by Gasteiger charge is 2.44. The Labute approximate surface area is 376 Å². The van der Waals surface area contributed by atoms with Crippen LogP contribution >= 0.6 is 19.2 Å². The number of carbonyl (C=O) groups excluding carboxylic acids is 4. The fraction of sp³-hybridized carbons (Fsp3) is 0.652. The van der Waals surface area contributed by atoms with Crippen molar-refractivity contribution in [3.63, 3.8) is 0 Å². The van der Waals surface area contributed by atoms with E-state index in [1.165, 1.54) is 0 Å². The molecule has 2 aromatic rings. The van der Waals surface area contributed by atoms with Crippen LogP contribution in [-0.4, -0.2) is 87.7 Å². The maximum absolute atomic E-state index is 14.8. The maximum atomic E-state index is 14.8. The number of hydrogen-bond donors (Lipinski definition) is 1. The lowest BCUT2D eigenvalue weighted by Gasteiger charge is -2.42. The first-order valence-electron chi connectivity index (χ1n) is 22.1. The van der Waals surface area contributed by atoms with Gasteiger partial charge in [0.2, 0.25) is 11.1 Å². The summed E-state index contributed by atoms with van der Waals surface area (Å²) in [6.07, 6.45) is 5.52. The molecule has 5 unspecified atom stereocenters. The SMILES string of the molecule is CCOP(=O)(OCC)C(O)S(=NC(=O)[C@@](C)(CC1CCCCC1)CC(C)C(=O)OCc1cccc(Cl)c1)C(C)CCC(=O)N1CCN(C(=O)OC(C)(C)C)C(c2ccccc2)C1. The number of rotatable bonds is 19. The van der Waals surface area contributed by atoms with E-state index < -0.39 is 69.7 Å². The van der Waals surface area contributed by atoms with Crippen molar-refractivity contribution >= 4 is 53.8 Å². The number of aliphatic hydroxyl groups excluding tert-OH is 1. The molecule has 62 heavy (non-hydrogen) atoms. The lowest BCUT2D eigenvalue weighted by Crippen LogP contribution is -2.53. The van der Waals surface area contributed by atoms with E-state index in [9.17, 15) is 28.8 Å². The second-order valence-corrected chi connectivity index (χ2v) is 22.8. The zero-order valence-corrected chi connectivity index (χ0v) is 40.4. The Morgan fingerprint density at radius 3 is 2.23 bits per heavy atom. The van der Waals surface area contributed by atoms with Gasteiger partial charge in [0.15, 0.2) is 0 Å². The van der Waals surface area contributed by atoms with E-state index >= 15 is 0 Å². The standard InChI is InChI=1S/C46H69ClN3O10PS/c1-9-58-61(56,59-10-2)44(55)62(34(4)24-25-40(51)49-26-27-50(43(54)60-45(5,6)7)39(31-49)37-21-15-12-16-22-37)48-42(53)46(8,30-35-18-13-11-14-19-35)29-33(3)41(52)57-32-36-20-17-23-38(47)28-36/h12,15-17,20-23,28,33-35,39,44,55H,9-11,13-14,18-19,24-27,29-32H2,1-8H3/t33?,34?,39?,44?,46-,62?/m1/s1. The summed E-state index contributed by atoms with van der Waals surface area (Å²) in [5.41, 5.74) is -0.210. The van der Waals surface area contributed by atoms with E-state index in [0.29, 0.717) is 11.4 Å². The Morgan fingerprint density at radius 2 is 1.61 bits per heavy atom. The Kier molecular flexibility index (Phi) is 19.7. The minimum atomic E-state index is -4.20. The predicted molar refractivity (Wildman–Crippen MR) is 243 cm³/mol. The van der Waals surface area contributed by atoms with Gasteiger partial charge in [0, 0.05) is 36.3 Å². The fourth-order valence-corrected chi connectivity index (χ4v) is 13.2. The number of esters is 1. The van der Waals surface area contributed by atoms with Crippen molar-refractivity contribution in [1.82, 2.24) is 9.80 Å². The molecule has 0 aromatic heterocycles. The van der Waals surface area contributed by atoms with Crippen LogP contribution in [-0.2, 0) is 54.8 Å². The van der Waals surface area contributed by atoms with E-state index in [-0.39, 0.29) is 70.5 Å². The molecule has 2 aromatic carbocycles. The van der Waals surface area contributed by atoms with Crippen LogP contribution < -0.4 is 0 Å². The minimum absolute atomic E-state index is 0.0155. The summed E-state index contributed by atoms with van der Waals surface area (Å²) in [6, 6.07) is 16.1. The van der Waals surface area contributed by atoms with Crippen LogP contribution in [0.15, 0.2) is 59.0 Å². The Hall–Kier alpha value is -3.13. The van der Waals surface area contributed by atoms with E-state index in [4.69, 9.17) is 34.5 Å². The first-order chi connectivity index (χ1) is 29.3.